The maximum atomic E-state index is 11.3. The lowest BCUT2D eigenvalue weighted by atomic mass is 10.1. The Labute approximate surface area is 89.3 Å². The fraction of sp³-hybridized carbons (Fsp3) is 0.364. The van der Waals surface area contributed by atoms with Crippen LogP contribution < -0.4 is 5.32 Å². The minimum atomic E-state index is -0.504. The third-order valence-corrected chi connectivity index (χ3v) is 2.20. The summed E-state index contributed by atoms with van der Waals surface area (Å²) in [6, 6.07) is 5.87. The molecular weight excluding hydrogens is 198 g/mol. The average Bonchev–Trinajstić information content (AvgIpc) is 2.09. The fourth-order valence-electron chi connectivity index (χ4n) is 1.19. The van der Waals surface area contributed by atoms with E-state index in [-0.39, 0.29) is 5.91 Å². The Balaban J connectivity index is 2.82. The van der Waals surface area contributed by atoms with E-state index < -0.39 is 5.38 Å². The molecule has 2 nitrogen and oxygen atoms in total. The highest BCUT2D eigenvalue weighted by Gasteiger charge is 2.09. The molecule has 0 aromatic heterocycles. The van der Waals surface area contributed by atoms with Crippen LogP contribution in [0, 0.1) is 13.8 Å². The summed E-state index contributed by atoms with van der Waals surface area (Å²) in [6.07, 6.45) is 0. The van der Waals surface area contributed by atoms with Gasteiger partial charge >= 0.3 is 0 Å². The zero-order chi connectivity index (χ0) is 10.7. The highest BCUT2D eigenvalue weighted by molar-refractivity contribution is 6.32. The van der Waals surface area contributed by atoms with Crippen LogP contribution in [0.25, 0.3) is 0 Å². The van der Waals surface area contributed by atoms with Crippen molar-refractivity contribution in [2.45, 2.75) is 26.1 Å². The van der Waals surface area contributed by atoms with E-state index >= 15 is 0 Å². The molecule has 0 aliphatic rings. The van der Waals surface area contributed by atoms with Crippen LogP contribution in [0.1, 0.15) is 18.1 Å². The fourth-order valence-corrected chi connectivity index (χ4v) is 1.24. The molecule has 0 saturated carbocycles. The molecule has 0 bridgehead atoms. The number of aryl methyl sites for hydroxylation is 2. The number of hydrogen-bond acceptors (Lipinski definition) is 1. The molecule has 1 amide bonds. The average molecular weight is 212 g/mol. The number of rotatable bonds is 2. The Kier molecular flexibility index (Phi) is 3.53. The number of nitrogens with one attached hydrogen (secondary N) is 1. The number of amides is 1. The van der Waals surface area contributed by atoms with E-state index in [0.29, 0.717) is 0 Å². The van der Waals surface area contributed by atoms with Gasteiger partial charge in [0.15, 0.2) is 0 Å². The molecule has 14 heavy (non-hydrogen) atoms. The maximum absolute atomic E-state index is 11.3. The van der Waals surface area contributed by atoms with Crippen LogP contribution in [0.15, 0.2) is 18.2 Å². The van der Waals surface area contributed by atoms with Gasteiger partial charge in [-0.25, -0.2) is 0 Å². The minimum Gasteiger partial charge on any atom is -0.325 e. The van der Waals surface area contributed by atoms with E-state index in [4.69, 9.17) is 11.6 Å². The molecule has 1 N–H and O–H groups in total. The van der Waals surface area contributed by atoms with Gasteiger partial charge in [0.05, 0.1) is 0 Å². The van der Waals surface area contributed by atoms with Gasteiger partial charge < -0.3 is 5.32 Å². The molecule has 76 valence electrons. The largest absolute Gasteiger partial charge is 0.325 e. The summed E-state index contributed by atoms with van der Waals surface area (Å²) in [6.45, 7) is 5.63. The molecular formula is C11H14ClNO. The van der Waals surface area contributed by atoms with Crippen molar-refractivity contribution < 1.29 is 4.79 Å². The first-order valence-electron chi connectivity index (χ1n) is 4.53. The summed E-state index contributed by atoms with van der Waals surface area (Å²) in [5, 5.41) is 2.26. The minimum absolute atomic E-state index is 0.168. The molecule has 0 spiro atoms. The van der Waals surface area contributed by atoms with Crippen LogP contribution >= 0.6 is 11.6 Å². The Bertz CT molecular complexity index is 347. The third kappa shape index (κ3) is 2.74. The SMILES string of the molecule is Cc1ccc(NC(=O)[C@H](C)Cl)c(C)c1. The summed E-state index contributed by atoms with van der Waals surface area (Å²) >= 11 is 5.65. The lowest BCUT2D eigenvalue weighted by Crippen LogP contribution is -2.20. The van der Waals surface area contributed by atoms with Gasteiger partial charge in [-0.3, -0.25) is 4.79 Å². The van der Waals surface area contributed by atoms with E-state index in [1.807, 2.05) is 32.0 Å². The molecule has 0 radical (unpaired) electrons. The first-order chi connectivity index (χ1) is 6.50. The van der Waals surface area contributed by atoms with Crippen molar-refractivity contribution in [1.82, 2.24) is 0 Å². The van der Waals surface area contributed by atoms with E-state index in [9.17, 15) is 4.79 Å². The van der Waals surface area contributed by atoms with Gasteiger partial charge in [-0.15, -0.1) is 11.6 Å². The molecule has 3 heteroatoms. The van der Waals surface area contributed by atoms with E-state index in [0.717, 1.165) is 11.3 Å². The number of anilines is 1. The number of halogens is 1. The van der Waals surface area contributed by atoms with Crippen molar-refractivity contribution in [3.63, 3.8) is 0 Å². The van der Waals surface area contributed by atoms with Crippen molar-refractivity contribution >= 4 is 23.2 Å². The van der Waals surface area contributed by atoms with E-state index in [1.54, 1.807) is 6.92 Å². The van der Waals surface area contributed by atoms with Crippen LogP contribution in [0.2, 0.25) is 0 Å². The second kappa shape index (κ2) is 4.47. The van der Waals surface area contributed by atoms with Crippen molar-refractivity contribution in [2.24, 2.45) is 0 Å². The molecule has 0 aliphatic heterocycles. The smallest absolute Gasteiger partial charge is 0.242 e. The van der Waals surface area contributed by atoms with Crippen molar-refractivity contribution in [3.05, 3.63) is 29.3 Å². The molecule has 0 unspecified atom stereocenters. The predicted molar refractivity (Wildman–Crippen MR) is 59.9 cm³/mol. The Morgan fingerprint density at radius 3 is 2.57 bits per heavy atom. The third-order valence-electron chi connectivity index (χ3n) is 2.00. The van der Waals surface area contributed by atoms with Gasteiger partial charge in [0, 0.05) is 5.69 Å². The zero-order valence-electron chi connectivity index (χ0n) is 8.60. The van der Waals surface area contributed by atoms with Gasteiger partial charge in [0.25, 0.3) is 0 Å². The quantitative estimate of drug-likeness (QED) is 0.749. The maximum Gasteiger partial charge on any atom is 0.242 e. The predicted octanol–water partition coefficient (Wildman–Crippen LogP) is 2.87. The van der Waals surface area contributed by atoms with Crippen LogP contribution in [-0.4, -0.2) is 11.3 Å². The summed E-state index contributed by atoms with van der Waals surface area (Å²) in [7, 11) is 0. The molecule has 1 aromatic rings. The molecule has 1 rings (SSSR count). The van der Waals surface area contributed by atoms with Gasteiger partial charge in [-0.05, 0) is 32.4 Å². The van der Waals surface area contributed by atoms with Crippen LogP contribution in [0.3, 0.4) is 0 Å². The van der Waals surface area contributed by atoms with E-state index in [2.05, 4.69) is 5.32 Å². The number of hydrogen-bond donors (Lipinski definition) is 1. The summed E-state index contributed by atoms with van der Waals surface area (Å²) in [4.78, 5) is 11.3. The molecule has 1 aromatic carbocycles. The molecule has 0 saturated heterocycles. The van der Waals surface area contributed by atoms with Gasteiger partial charge in [-0.1, -0.05) is 17.7 Å². The van der Waals surface area contributed by atoms with Gasteiger partial charge in [0.1, 0.15) is 5.38 Å². The van der Waals surface area contributed by atoms with Crippen LogP contribution in [-0.2, 0) is 4.79 Å². The number of carbonyl (C=O) groups excluding carboxylic acids is 1. The normalized spacial score (nSPS) is 12.3. The highest BCUT2D eigenvalue weighted by Crippen LogP contribution is 2.16. The van der Waals surface area contributed by atoms with Crippen LogP contribution in [0.4, 0.5) is 5.69 Å². The standard InChI is InChI=1S/C11H14ClNO/c1-7-4-5-10(8(2)6-7)13-11(14)9(3)12/h4-6,9H,1-3H3,(H,13,14)/t9-/m0/s1. The Morgan fingerprint density at radius 2 is 2.07 bits per heavy atom. The van der Waals surface area contributed by atoms with Crippen molar-refractivity contribution in [3.8, 4) is 0 Å². The van der Waals surface area contributed by atoms with Crippen molar-refractivity contribution in [1.29, 1.82) is 0 Å². The Morgan fingerprint density at radius 1 is 1.43 bits per heavy atom. The summed E-state index contributed by atoms with van der Waals surface area (Å²) < 4.78 is 0. The number of benzene rings is 1. The monoisotopic (exact) mass is 211 g/mol. The molecule has 0 aliphatic carbocycles. The van der Waals surface area contributed by atoms with Crippen LogP contribution in [0.5, 0.6) is 0 Å². The molecule has 0 fully saturated rings. The number of alkyl halides is 1. The lowest BCUT2D eigenvalue weighted by Gasteiger charge is -2.09. The first kappa shape index (κ1) is 11.1. The first-order valence-corrected chi connectivity index (χ1v) is 4.96. The van der Waals surface area contributed by atoms with Crippen molar-refractivity contribution in [2.75, 3.05) is 5.32 Å². The van der Waals surface area contributed by atoms with E-state index in [1.165, 1.54) is 5.56 Å². The second-order valence-corrected chi connectivity index (χ2v) is 4.08. The van der Waals surface area contributed by atoms with Gasteiger partial charge in [0.2, 0.25) is 5.91 Å². The molecule has 1 atom stereocenters. The highest BCUT2D eigenvalue weighted by atomic mass is 35.5. The second-order valence-electron chi connectivity index (χ2n) is 3.42. The zero-order valence-corrected chi connectivity index (χ0v) is 9.35. The summed E-state index contributed by atoms with van der Waals surface area (Å²) in [5.41, 5.74) is 3.06. The van der Waals surface area contributed by atoms with Gasteiger partial charge in [-0.2, -0.15) is 0 Å². The number of carbonyl (C=O) groups is 1. The Hall–Kier alpha value is -1.02. The lowest BCUT2D eigenvalue weighted by molar-refractivity contribution is -0.115. The molecule has 0 heterocycles. The topological polar surface area (TPSA) is 29.1 Å². The summed E-state index contributed by atoms with van der Waals surface area (Å²) in [5.74, 6) is -0.168.